The lowest BCUT2D eigenvalue weighted by atomic mass is 9.92. The molecule has 2 fully saturated rings. The molecule has 5 rings (SSSR count). The fourth-order valence-electron chi connectivity index (χ4n) is 5.01. The first-order valence-corrected chi connectivity index (χ1v) is 11.4. The Morgan fingerprint density at radius 1 is 1.25 bits per heavy atom. The number of fused-ring (bicyclic) bond motifs is 1. The molecule has 1 aromatic heterocycles. The molecule has 3 aliphatic heterocycles. The number of halogens is 2. The molecule has 6 nitrogen and oxygen atoms in total. The zero-order chi connectivity index (χ0) is 22.3. The highest BCUT2D eigenvalue weighted by atomic mass is 19.3. The van der Waals surface area contributed by atoms with E-state index < -0.39 is 24.8 Å². The van der Waals surface area contributed by atoms with Gasteiger partial charge in [-0.25, -0.2) is 8.78 Å². The third-order valence-corrected chi connectivity index (χ3v) is 6.92. The van der Waals surface area contributed by atoms with Gasteiger partial charge in [-0.3, -0.25) is 14.8 Å². The minimum atomic E-state index is -2.93. The van der Waals surface area contributed by atoms with Crippen LogP contribution in [-0.4, -0.2) is 67.7 Å². The fraction of sp³-hybridized carbons (Fsp3) is 0.542. The van der Waals surface area contributed by atoms with Crippen molar-refractivity contribution in [3.8, 4) is 0 Å². The number of likely N-dealkylation sites (tertiary alicyclic amines) is 1. The SMILES string of the molecule is CN1CCC(CNC(=O)C2CN(c3ccc(C4C=N4)c4ncccc34)CC(F)(F)C2)CC1. The van der Waals surface area contributed by atoms with Crippen molar-refractivity contribution in [2.24, 2.45) is 16.8 Å². The predicted octanol–water partition coefficient (Wildman–Crippen LogP) is 3.28. The fourth-order valence-corrected chi connectivity index (χ4v) is 5.01. The van der Waals surface area contributed by atoms with E-state index in [1.165, 1.54) is 0 Å². The van der Waals surface area contributed by atoms with Crippen molar-refractivity contribution in [3.63, 3.8) is 0 Å². The number of benzene rings is 1. The molecule has 1 N–H and O–H groups in total. The molecule has 32 heavy (non-hydrogen) atoms. The lowest BCUT2D eigenvalue weighted by Gasteiger charge is -2.39. The first-order chi connectivity index (χ1) is 15.4. The van der Waals surface area contributed by atoms with E-state index in [2.05, 4.69) is 27.2 Å². The number of aliphatic imine (C=N–C) groups is 1. The zero-order valence-electron chi connectivity index (χ0n) is 18.3. The van der Waals surface area contributed by atoms with Crippen LogP contribution in [0.3, 0.4) is 0 Å². The Hall–Kier alpha value is -2.61. The highest BCUT2D eigenvalue weighted by Crippen LogP contribution is 2.39. The maximum Gasteiger partial charge on any atom is 0.266 e. The number of alkyl halides is 2. The van der Waals surface area contributed by atoms with Gasteiger partial charge in [-0.15, -0.1) is 0 Å². The summed E-state index contributed by atoms with van der Waals surface area (Å²) < 4.78 is 29.5. The van der Waals surface area contributed by atoms with E-state index in [0.717, 1.165) is 42.4 Å². The molecule has 8 heteroatoms. The quantitative estimate of drug-likeness (QED) is 0.774. The summed E-state index contributed by atoms with van der Waals surface area (Å²) in [5.74, 6) is -3.52. The van der Waals surface area contributed by atoms with E-state index >= 15 is 0 Å². The Balaban J connectivity index is 1.33. The van der Waals surface area contributed by atoms with Gasteiger partial charge in [0.1, 0.15) is 6.04 Å². The van der Waals surface area contributed by atoms with Crippen LogP contribution in [0.15, 0.2) is 35.5 Å². The number of carbonyl (C=O) groups excluding carboxylic acids is 1. The first kappa shape index (κ1) is 21.2. The largest absolute Gasteiger partial charge is 0.364 e. The van der Waals surface area contributed by atoms with E-state index in [-0.39, 0.29) is 18.5 Å². The smallest absolute Gasteiger partial charge is 0.266 e. The van der Waals surface area contributed by atoms with Gasteiger partial charge in [0, 0.05) is 48.6 Å². The molecule has 0 saturated carbocycles. The molecule has 4 heterocycles. The van der Waals surface area contributed by atoms with Gasteiger partial charge in [0.25, 0.3) is 5.92 Å². The van der Waals surface area contributed by atoms with Crippen LogP contribution in [0.4, 0.5) is 14.5 Å². The molecular weight excluding hydrogens is 412 g/mol. The van der Waals surface area contributed by atoms with Crippen LogP contribution in [0, 0.1) is 11.8 Å². The standard InChI is InChI=1S/C24H29F2N5O/c1-30-9-6-16(7-10-30)12-29-23(32)17-11-24(25,26)15-31(14-17)21-5-4-18(20-13-28-20)22-19(21)3-2-8-27-22/h2-5,8,13,16-17,20H,6-7,9-12,14-15H2,1H3,(H,29,32). The van der Waals surface area contributed by atoms with Gasteiger partial charge >= 0.3 is 0 Å². The average Bonchev–Trinajstić information content (AvgIpc) is 3.62. The second-order valence-electron chi connectivity index (χ2n) is 9.45. The summed E-state index contributed by atoms with van der Waals surface area (Å²) in [4.78, 5) is 25.5. The van der Waals surface area contributed by atoms with Crippen molar-refractivity contribution in [3.05, 3.63) is 36.0 Å². The summed E-state index contributed by atoms with van der Waals surface area (Å²) in [6.45, 7) is 2.47. The number of carbonyl (C=O) groups is 1. The summed E-state index contributed by atoms with van der Waals surface area (Å²) in [6.07, 6.45) is 5.21. The molecule has 1 aromatic carbocycles. The van der Waals surface area contributed by atoms with Crippen molar-refractivity contribution >= 4 is 28.7 Å². The number of hydrogen-bond donors (Lipinski definition) is 1. The average molecular weight is 442 g/mol. The molecule has 0 radical (unpaired) electrons. The molecule has 2 aromatic rings. The van der Waals surface area contributed by atoms with Crippen LogP contribution >= 0.6 is 0 Å². The number of nitrogens with zero attached hydrogens (tertiary/aromatic N) is 4. The van der Waals surface area contributed by atoms with E-state index in [9.17, 15) is 13.6 Å². The van der Waals surface area contributed by atoms with Crippen LogP contribution in [0.25, 0.3) is 10.9 Å². The van der Waals surface area contributed by atoms with Gasteiger partial charge in [-0.1, -0.05) is 6.07 Å². The van der Waals surface area contributed by atoms with Gasteiger partial charge in [0.2, 0.25) is 5.91 Å². The third kappa shape index (κ3) is 4.46. The number of amides is 1. The minimum Gasteiger partial charge on any atom is -0.364 e. The van der Waals surface area contributed by atoms with Gasteiger partial charge in [0.15, 0.2) is 0 Å². The summed E-state index contributed by atoms with van der Waals surface area (Å²) in [6, 6.07) is 7.55. The maximum atomic E-state index is 14.7. The molecule has 0 bridgehead atoms. The second kappa shape index (κ2) is 8.39. The van der Waals surface area contributed by atoms with Crippen molar-refractivity contribution < 1.29 is 13.6 Å². The lowest BCUT2D eigenvalue weighted by molar-refractivity contribution is -0.130. The summed E-state index contributed by atoms with van der Waals surface area (Å²) >= 11 is 0. The predicted molar refractivity (Wildman–Crippen MR) is 121 cm³/mol. The first-order valence-electron chi connectivity index (χ1n) is 11.4. The molecule has 0 aliphatic carbocycles. The van der Waals surface area contributed by atoms with Crippen molar-refractivity contribution in [2.45, 2.75) is 31.2 Å². The summed E-state index contributed by atoms with van der Waals surface area (Å²) in [5.41, 5.74) is 2.47. The molecule has 1 amide bonds. The van der Waals surface area contributed by atoms with Crippen LogP contribution in [0.5, 0.6) is 0 Å². The molecule has 2 saturated heterocycles. The number of aromatic nitrogens is 1. The Bertz CT molecular complexity index is 1030. The van der Waals surface area contributed by atoms with Gasteiger partial charge in [-0.2, -0.15) is 0 Å². The zero-order valence-corrected chi connectivity index (χ0v) is 18.3. The third-order valence-electron chi connectivity index (χ3n) is 6.92. The van der Waals surface area contributed by atoms with Gasteiger partial charge < -0.3 is 15.1 Å². The Morgan fingerprint density at radius 3 is 2.78 bits per heavy atom. The summed E-state index contributed by atoms with van der Waals surface area (Å²) in [5, 5.41) is 3.79. The number of piperidine rings is 2. The molecule has 2 atom stereocenters. The topological polar surface area (TPSA) is 60.8 Å². The number of hydrogen-bond acceptors (Lipinski definition) is 5. The number of rotatable bonds is 5. The number of pyridine rings is 1. The highest BCUT2D eigenvalue weighted by molar-refractivity contribution is 5.97. The van der Waals surface area contributed by atoms with E-state index in [0.29, 0.717) is 18.2 Å². The summed E-state index contributed by atoms with van der Waals surface area (Å²) in [7, 11) is 2.09. The van der Waals surface area contributed by atoms with Crippen LogP contribution in [0.2, 0.25) is 0 Å². The highest BCUT2D eigenvalue weighted by Gasteiger charge is 2.43. The van der Waals surface area contributed by atoms with E-state index in [4.69, 9.17) is 0 Å². The van der Waals surface area contributed by atoms with Crippen LogP contribution in [-0.2, 0) is 4.79 Å². The van der Waals surface area contributed by atoms with Gasteiger partial charge in [0.05, 0.1) is 18.0 Å². The van der Waals surface area contributed by atoms with Crippen LogP contribution in [0.1, 0.15) is 30.9 Å². The maximum absolute atomic E-state index is 14.7. The van der Waals surface area contributed by atoms with Crippen molar-refractivity contribution in [1.82, 2.24) is 15.2 Å². The van der Waals surface area contributed by atoms with Crippen LogP contribution < -0.4 is 10.2 Å². The van der Waals surface area contributed by atoms with Crippen molar-refractivity contribution in [1.29, 1.82) is 0 Å². The lowest BCUT2D eigenvalue weighted by Crippen LogP contribution is -2.52. The molecule has 170 valence electrons. The Labute approximate surface area is 186 Å². The van der Waals surface area contributed by atoms with E-state index in [1.54, 1.807) is 11.1 Å². The Morgan fingerprint density at radius 2 is 2.03 bits per heavy atom. The molecule has 3 aliphatic rings. The minimum absolute atomic E-state index is 0.0300. The molecule has 0 spiro atoms. The second-order valence-corrected chi connectivity index (χ2v) is 9.45. The normalized spacial score (nSPS) is 25.8. The monoisotopic (exact) mass is 441 g/mol. The van der Waals surface area contributed by atoms with Gasteiger partial charge in [-0.05, 0) is 57.1 Å². The molecule has 2 unspecified atom stereocenters. The van der Waals surface area contributed by atoms with Crippen molar-refractivity contribution in [2.75, 3.05) is 44.7 Å². The van der Waals surface area contributed by atoms with E-state index in [1.807, 2.05) is 30.5 Å². The molecular formula is C24H29F2N5O. The number of nitrogens with one attached hydrogen (secondary N) is 1. The number of anilines is 1. The Kier molecular flexibility index (Phi) is 5.57.